The van der Waals surface area contributed by atoms with Crippen LogP contribution in [0.25, 0.3) is 0 Å². The van der Waals surface area contributed by atoms with Crippen molar-refractivity contribution in [1.29, 1.82) is 0 Å². The molecule has 11 heavy (non-hydrogen) atoms. The third-order valence-electron chi connectivity index (χ3n) is 3.78. The van der Waals surface area contributed by atoms with Gasteiger partial charge < -0.3 is 0 Å². The van der Waals surface area contributed by atoms with Gasteiger partial charge >= 0.3 is 0 Å². The van der Waals surface area contributed by atoms with Crippen LogP contribution in [-0.4, -0.2) is 23.0 Å². The van der Waals surface area contributed by atoms with E-state index in [0.29, 0.717) is 11.1 Å². The maximum Gasteiger partial charge on any atom is 0.0181 e. The SMILES string of the molecule is CC1CC(C)(C)N(C)C1(C)C. The molecule has 0 aliphatic carbocycles. The number of hydrogen-bond acceptors (Lipinski definition) is 1. The van der Waals surface area contributed by atoms with Crippen LogP contribution >= 0.6 is 0 Å². The Hall–Kier alpha value is -0.0400. The first-order chi connectivity index (χ1) is 4.78. The van der Waals surface area contributed by atoms with Gasteiger partial charge in [0.25, 0.3) is 0 Å². The number of rotatable bonds is 0. The van der Waals surface area contributed by atoms with Crippen LogP contribution in [0.15, 0.2) is 0 Å². The molecule has 1 nitrogen and oxygen atoms in total. The highest BCUT2D eigenvalue weighted by Gasteiger charge is 2.46. The summed E-state index contributed by atoms with van der Waals surface area (Å²) in [4.78, 5) is 2.50. The summed E-state index contributed by atoms with van der Waals surface area (Å²) in [5.41, 5.74) is 0.770. The van der Waals surface area contributed by atoms with Crippen molar-refractivity contribution in [3.05, 3.63) is 0 Å². The molecule has 1 aliphatic heterocycles. The monoisotopic (exact) mass is 155 g/mol. The Morgan fingerprint density at radius 2 is 1.64 bits per heavy atom. The van der Waals surface area contributed by atoms with Crippen LogP contribution < -0.4 is 0 Å². The first kappa shape index (κ1) is 9.05. The van der Waals surface area contributed by atoms with Crippen LogP contribution in [0, 0.1) is 5.92 Å². The van der Waals surface area contributed by atoms with Crippen LogP contribution in [0.4, 0.5) is 0 Å². The molecule has 0 saturated carbocycles. The van der Waals surface area contributed by atoms with Gasteiger partial charge in [-0.2, -0.15) is 0 Å². The van der Waals surface area contributed by atoms with E-state index in [1.807, 2.05) is 0 Å². The average Bonchev–Trinajstić information content (AvgIpc) is 1.94. The van der Waals surface area contributed by atoms with Gasteiger partial charge in [-0.15, -0.1) is 0 Å². The van der Waals surface area contributed by atoms with Crippen molar-refractivity contribution in [3.63, 3.8) is 0 Å². The van der Waals surface area contributed by atoms with E-state index in [0.717, 1.165) is 5.92 Å². The van der Waals surface area contributed by atoms with Gasteiger partial charge in [-0.05, 0) is 47.1 Å². The lowest BCUT2D eigenvalue weighted by atomic mass is 9.89. The quantitative estimate of drug-likeness (QED) is 0.519. The minimum Gasteiger partial charge on any atom is -0.296 e. The van der Waals surface area contributed by atoms with Gasteiger partial charge in [0.1, 0.15) is 0 Å². The Balaban J connectivity index is 2.89. The van der Waals surface area contributed by atoms with Crippen molar-refractivity contribution in [2.75, 3.05) is 7.05 Å². The maximum absolute atomic E-state index is 2.50. The van der Waals surface area contributed by atoms with Crippen molar-refractivity contribution < 1.29 is 0 Å². The van der Waals surface area contributed by atoms with Crippen molar-refractivity contribution >= 4 is 0 Å². The van der Waals surface area contributed by atoms with E-state index < -0.39 is 0 Å². The molecule has 1 saturated heterocycles. The van der Waals surface area contributed by atoms with Crippen molar-refractivity contribution in [2.24, 2.45) is 5.92 Å². The average molecular weight is 155 g/mol. The predicted molar refractivity (Wildman–Crippen MR) is 49.7 cm³/mol. The van der Waals surface area contributed by atoms with Gasteiger partial charge in [-0.3, -0.25) is 4.90 Å². The fourth-order valence-corrected chi connectivity index (χ4v) is 2.25. The standard InChI is InChI=1S/C10H21N/c1-8-7-9(2,3)11(6)10(8,4)5/h8H,7H2,1-6H3. The molecule has 1 heteroatoms. The van der Waals surface area contributed by atoms with E-state index >= 15 is 0 Å². The van der Waals surface area contributed by atoms with Crippen LogP contribution in [0.2, 0.25) is 0 Å². The number of likely N-dealkylation sites (tertiary alicyclic amines) is 1. The third-order valence-corrected chi connectivity index (χ3v) is 3.78. The zero-order chi connectivity index (χ0) is 8.86. The molecule has 1 atom stereocenters. The van der Waals surface area contributed by atoms with E-state index in [1.165, 1.54) is 6.42 Å². The molecule has 1 heterocycles. The van der Waals surface area contributed by atoms with Crippen molar-refractivity contribution in [2.45, 2.75) is 52.1 Å². The number of nitrogens with zero attached hydrogens (tertiary/aromatic N) is 1. The summed E-state index contributed by atoms with van der Waals surface area (Å²) >= 11 is 0. The van der Waals surface area contributed by atoms with Crippen LogP contribution in [-0.2, 0) is 0 Å². The minimum absolute atomic E-state index is 0.378. The minimum atomic E-state index is 0.378. The molecular weight excluding hydrogens is 134 g/mol. The largest absolute Gasteiger partial charge is 0.296 e. The predicted octanol–water partition coefficient (Wildman–Crippen LogP) is 2.52. The molecule has 1 unspecified atom stereocenters. The summed E-state index contributed by atoms with van der Waals surface area (Å²) in [6, 6.07) is 0. The van der Waals surface area contributed by atoms with Gasteiger partial charge in [0.05, 0.1) is 0 Å². The van der Waals surface area contributed by atoms with Gasteiger partial charge in [-0.1, -0.05) is 6.92 Å². The molecule has 0 N–H and O–H groups in total. The lowest BCUT2D eigenvalue weighted by Gasteiger charge is -2.38. The first-order valence-electron chi connectivity index (χ1n) is 4.52. The highest BCUT2D eigenvalue weighted by atomic mass is 15.3. The Labute approximate surface area is 70.8 Å². The van der Waals surface area contributed by atoms with Gasteiger partial charge in [0.2, 0.25) is 0 Å². The van der Waals surface area contributed by atoms with E-state index in [4.69, 9.17) is 0 Å². The summed E-state index contributed by atoms with van der Waals surface area (Å²) in [7, 11) is 2.24. The fraction of sp³-hybridized carbons (Fsp3) is 1.00. The Bertz CT molecular complexity index is 158. The zero-order valence-electron chi connectivity index (χ0n) is 8.73. The molecule has 0 amide bonds. The smallest absolute Gasteiger partial charge is 0.0181 e. The number of hydrogen-bond donors (Lipinski definition) is 0. The van der Waals surface area contributed by atoms with E-state index in [-0.39, 0.29) is 0 Å². The highest BCUT2D eigenvalue weighted by molar-refractivity contribution is 5.02. The molecule has 0 aromatic heterocycles. The van der Waals surface area contributed by atoms with Crippen LogP contribution in [0.5, 0.6) is 0 Å². The molecule has 1 fully saturated rings. The van der Waals surface area contributed by atoms with Crippen molar-refractivity contribution in [1.82, 2.24) is 4.90 Å². The maximum atomic E-state index is 2.50. The third kappa shape index (κ3) is 1.20. The topological polar surface area (TPSA) is 3.24 Å². The molecule has 0 radical (unpaired) electrons. The molecule has 1 rings (SSSR count). The van der Waals surface area contributed by atoms with Gasteiger partial charge in [0.15, 0.2) is 0 Å². The van der Waals surface area contributed by atoms with Crippen LogP contribution in [0.1, 0.15) is 41.0 Å². The summed E-state index contributed by atoms with van der Waals surface area (Å²) in [5, 5.41) is 0. The summed E-state index contributed by atoms with van der Waals surface area (Å²) in [5.74, 6) is 0.808. The normalized spacial score (nSPS) is 36.0. The van der Waals surface area contributed by atoms with Gasteiger partial charge in [-0.25, -0.2) is 0 Å². The lowest BCUT2D eigenvalue weighted by Crippen LogP contribution is -2.46. The molecular formula is C10H21N. The van der Waals surface area contributed by atoms with E-state index in [9.17, 15) is 0 Å². The highest BCUT2D eigenvalue weighted by Crippen LogP contribution is 2.42. The Morgan fingerprint density at radius 1 is 1.18 bits per heavy atom. The first-order valence-corrected chi connectivity index (χ1v) is 4.52. The van der Waals surface area contributed by atoms with E-state index in [2.05, 4.69) is 46.6 Å². The fourth-order valence-electron chi connectivity index (χ4n) is 2.25. The van der Waals surface area contributed by atoms with Crippen LogP contribution in [0.3, 0.4) is 0 Å². The van der Waals surface area contributed by atoms with Crippen molar-refractivity contribution in [3.8, 4) is 0 Å². The van der Waals surface area contributed by atoms with Gasteiger partial charge in [0, 0.05) is 11.1 Å². The Kier molecular flexibility index (Phi) is 1.83. The molecule has 0 aromatic rings. The molecule has 66 valence electrons. The molecule has 1 aliphatic rings. The van der Waals surface area contributed by atoms with E-state index in [1.54, 1.807) is 0 Å². The second kappa shape index (κ2) is 2.22. The molecule has 0 aromatic carbocycles. The second-order valence-corrected chi connectivity index (χ2v) is 5.13. The lowest BCUT2D eigenvalue weighted by molar-refractivity contribution is 0.103. The second-order valence-electron chi connectivity index (χ2n) is 5.13. The molecule has 0 bridgehead atoms. The summed E-state index contributed by atoms with van der Waals surface area (Å²) in [6.45, 7) is 11.7. The zero-order valence-corrected chi connectivity index (χ0v) is 8.73. The molecule has 0 spiro atoms. The summed E-state index contributed by atoms with van der Waals surface area (Å²) < 4.78 is 0. The Morgan fingerprint density at radius 3 is 1.73 bits per heavy atom. The summed E-state index contributed by atoms with van der Waals surface area (Å²) in [6.07, 6.45) is 1.32.